The van der Waals surface area contributed by atoms with Gasteiger partial charge in [-0.25, -0.2) is 14.5 Å². The second-order valence-electron chi connectivity index (χ2n) is 22.4. The number of pyridine rings is 1. The first-order chi connectivity index (χ1) is 37.5. The quantitative estimate of drug-likeness (QED) is 0.0936. The zero-order valence-corrected chi connectivity index (χ0v) is 46.5. The number of nitrogen functional groups attached to an aromatic ring is 1. The van der Waals surface area contributed by atoms with Crippen molar-refractivity contribution >= 4 is 55.5 Å². The highest BCUT2D eigenvalue weighted by atomic mass is 16.3. The molecular weight excluding hydrogens is 963 g/mol. The summed E-state index contributed by atoms with van der Waals surface area (Å²) in [5.41, 5.74) is 28.7. The number of nitrogens with zero attached hydrogens (tertiary/aromatic N) is 7. The minimum absolute atomic E-state index is 0.185. The molecule has 11 heteroatoms. The van der Waals surface area contributed by atoms with E-state index in [-0.39, 0.29) is 12.2 Å². The summed E-state index contributed by atoms with van der Waals surface area (Å²) in [5, 5.41) is 26.3. The molecule has 3 fully saturated rings. The molecule has 5 aromatic carbocycles. The number of rotatable bonds is 7. The lowest BCUT2D eigenvalue weighted by atomic mass is 9.89. The van der Waals surface area contributed by atoms with Crippen LogP contribution in [0, 0.1) is 75.1 Å². The third kappa shape index (κ3) is 9.86. The lowest BCUT2D eigenvalue weighted by molar-refractivity contribution is 0.0500. The Morgan fingerprint density at radius 2 is 0.897 bits per heavy atom. The van der Waals surface area contributed by atoms with Crippen LogP contribution in [0.4, 0.5) is 22.7 Å². The first kappa shape index (κ1) is 53.4. The van der Waals surface area contributed by atoms with Crippen LogP contribution < -0.4 is 11.1 Å². The molecule has 78 heavy (non-hydrogen) atoms. The Bertz CT molecular complexity index is 3740. The van der Waals surface area contributed by atoms with E-state index in [1.165, 1.54) is 64.6 Å². The fraction of sp³-hybridized carbons (Fsp3) is 0.343. The smallest absolute Gasteiger partial charge is 0.190 e. The van der Waals surface area contributed by atoms with E-state index in [4.69, 9.17) is 25.5 Å². The molecule has 3 saturated carbocycles. The second-order valence-corrected chi connectivity index (χ2v) is 22.4. The molecule has 12 rings (SSSR count). The van der Waals surface area contributed by atoms with Gasteiger partial charge in [-0.2, -0.15) is 0 Å². The average Bonchev–Trinajstić information content (AvgIpc) is 4.32. The fourth-order valence-corrected chi connectivity index (χ4v) is 12.2. The zero-order valence-electron chi connectivity index (χ0n) is 46.5. The van der Waals surface area contributed by atoms with E-state index in [1.807, 2.05) is 57.4 Å². The average molecular weight is 1030 g/mol. The van der Waals surface area contributed by atoms with Crippen LogP contribution in [0.25, 0.3) is 80.6 Å². The highest BCUT2D eigenvalue weighted by molar-refractivity contribution is 6.02. The van der Waals surface area contributed by atoms with E-state index in [1.54, 1.807) is 0 Å². The Kier molecular flexibility index (Phi) is 14.9. The lowest BCUT2D eigenvalue weighted by Crippen LogP contribution is -2.30. The van der Waals surface area contributed by atoms with Crippen molar-refractivity contribution in [1.82, 2.24) is 24.0 Å². The van der Waals surface area contributed by atoms with Crippen molar-refractivity contribution in [2.75, 3.05) is 12.8 Å². The van der Waals surface area contributed by atoms with E-state index < -0.39 is 0 Å². The van der Waals surface area contributed by atoms with Crippen LogP contribution in [-0.2, 0) is 0 Å². The molecule has 0 saturated heterocycles. The summed E-state index contributed by atoms with van der Waals surface area (Å²) < 4.78 is 7.04. The van der Waals surface area contributed by atoms with Crippen LogP contribution >= 0.6 is 0 Å². The van der Waals surface area contributed by atoms with Gasteiger partial charge < -0.3 is 35.0 Å². The highest BCUT2D eigenvalue weighted by Crippen LogP contribution is 2.45. The first-order valence-corrected chi connectivity index (χ1v) is 27.5. The number of hydrogen-bond acceptors (Lipinski definition) is 5. The molecule has 0 amide bonds. The van der Waals surface area contributed by atoms with Crippen molar-refractivity contribution in [2.24, 2.45) is 0 Å². The Balaban J connectivity index is 0.000000133. The van der Waals surface area contributed by atoms with Gasteiger partial charge in [0.25, 0.3) is 0 Å². The van der Waals surface area contributed by atoms with E-state index in [2.05, 4.69) is 147 Å². The minimum Gasteiger partial charge on any atom is -0.398 e. The molecule has 3 aliphatic rings. The van der Waals surface area contributed by atoms with Gasteiger partial charge in [0.15, 0.2) is 17.1 Å². The molecule has 11 nitrogen and oxygen atoms in total. The summed E-state index contributed by atoms with van der Waals surface area (Å²) in [7, 11) is 2.06. The summed E-state index contributed by atoms with van der Waals surface area (Å²) >= 11 is 0. The van der Waals surface area contributed by atoms with Crippen LogP contribution in [0.5, 0.6) is 0 Å². The van der Waals surface area contributed by atoms with Crippen molar-refractivity contribution in [2.45, 2.75) is 143 Å². The van der Waals surface area contributed by atoms with Crippen molar-refractivity contribution in [1.29, 1.82) is 0 Å². The third-order valence-corrected chi connectivity index (χ3v) is 17.6. The number of aryl methyl sites for hydroxylation is 5. The molecule has 9 aromatic rings. The largest absolute Gasteiger partial charge is 0.398 e. The molecule has 0 unspecified atom stereocenters. The normalized spacial score (nSPS) is 19.6. The molecule has 396 valence electrons. The van der Waals surface area contributed by atoms with Crippen molar-refractivity contribution in [3.63, 3.8) is 0 Å². The maximum absolute atomic E-state index is 9.74. The maximum Gasteiger partial charge on any atom is 0.190 e. The van der Waals surface area contributed by atoms with Crippen LogP contribution in [0.2, 0.25) is 0 Å². The van der Waals surface area contributed by atoms with Gasteiger partial charge >= 0.3 is 0 Å². The number of anilines is 1. The van der Waals surface area contributed by atoms with E-state index in [0.717, 1.165) is 109 Å². The van der Waals surface area contributed by atoms with Gasteiger partial charge in [0.1, 0.15) is 0 Å². The van der Waals surface area contributed by atoms with Crippen LogP contribution in [0.1, 0.15) is 114 Å². The Labute approximate surface area is 459 Å². The van der Waals surface area contributed by atoms with Crippen molar-refractivity contribution in [3.8, 4) is 33.4 Å². The summed E-state index contributed by atoms with van der Waals surface area (Å²) in [5.74, 6) is 0. The van der Waals surface area contributed by atoms with Gasteiger partial charge in [-0.15, -0.1) is 0 Å². The predicted molar refractivity (Wildman–Crippen MR) is 320 cm³/mol. The summed E-state index contributed by atoms with van der Waals surface area (Å²) in [6.45, 7) is 39.0. The van der Waals surface area contributed by atoms with Crippen LogP contribution in [0.15, 0.2) is 104 Å². The Hall–Kier alpha value is -7.98. The van der Waals surface area contributed by atoms with Gasteiger partial charge in [0, 0.05) is 99.6 Å². The second kappa shape index (κ2) is 21.8. The minimum atomic E-state index is -0.197. The molecule has 4 heterocycles. The Morgan fingerprint density at radius 1 is 0.487 bits per heavy atom. The number of aliphatic hydroxyl groups is 2. The number of nitrogens with two attached hydrogens (primary N) is 1. The van der Waals surface area contributed by atoms with Gasteiger partial charge in [-0.05, 0) is 228 Å². The number of hydrogen-bond donors (Lipinski definition) is 4. The van der Waals surface area contributed by atoms with E-state index in [0.29, 0.717) is 35.5 Å². The topological polar surface area (TPSA) is 119 Å². The van der Waals surface area contributed by atoms with Gasteiger partial charge in [-0.1, -0.05) is 30.3 Å². The number of fused-ring (bicyclic) bond motifs is 3. The summed E-state index contributed by atoms with van der Waals surface area (Å²) in [6, 6.07) is 26.8. The maximum atomic E-state index is 9.74. The number of nitrogens with one attached hydrogen (secondary N) is 1. The molecule has 0 radical (unpaired) electrons. The van der Waals surface area contributed by atoms with Gasteiger partial charge in [-0.3, -0.25) is 4.98 Å². The number of aromatic nitrogens is 4. The third-order valence-electron chi connectivity index (χ3n) is 17.6. The molecule has 5 N–H and O–H groups in total. The van der Waals surface area contributed by atoms with Gasteiger partial charge in [0.05, 0.1) is 31.9 Å². The number of benzene rings is 5. The standard InChI is InChI=1S/C24H28N4.C22H22N2O.C21H21N3O/c1-15-12-24-20(13-23(15)27-4)21(19-6-5-7-22(25)16(19)2)14-28(24)18-10-8-17(26-3)9-11-18;1-13-6-5-7-18(15(13)3)20-12-24(16-9-17(25)10-16)22-8-14(2)21(23-4)11-19(20)22;1-12-5-21-17(8-20(12)22-4)19(11-24(21)15-6-16(25)7-15)18-10-23-9-13(2)14(18)3/h5-7,12-14,17-18,26H,8-11,25H2,1-3H3;5-8,11-12,16-17,25H,9-10H2,1-3H3;5,8-11,15-16,25H,6-7H2,1-3H3. The van der Waals surface area contributed by atoms with Gasteiger partial charge in [0.2, 0.25) is 0 Å². The highest BCUT2D eigenvalue weighted by Gasteiger charge is 2.32. The molecule has 4 aromatic heterocycles. The zero-order chi connectivity index (χ0) is 55.3. The number of aliphatic hydroxyl groups excluding tert-OH is 2. The van der Waals surface area contributed by atoms with Crippen molar-refractivity contribution in [3.05, 3.63) is 183 Å². The molecule has 0 aliphatic heterocycles. The predicted octanol–water partition coefficient (Wildman–Crippen LogP) is 16.1. The molecule has 0 bridgehead atoms. The molecule has 0 atom stereocenters. The van der Waals surface area contributed by atoms with E-state index >= 15 is 0 Å². The first-order valence-electron chi connectivity index (χ1n) is 27.5. The van der Waals surface area contributed by atoms with Crippen molar-refractivity contribution < 1.29 is 10.2 Å². The summed E-state index contributed by atoms with van der Waals surface area (Å²) in [6.07, 6.45) is 18.0. The van der Waals surface area contributed by atoms with E-state index in [9.17, 15) is 10.2 Å². The van der Waals surface area contributed by atoms with Crippen LogP contribution in [0.3, 0.4) is 0 Å². The SMILES string of the molecule is [C-]#[N+]c1cc2c(-c3cccc(C)c3C)cn(C3CC(O)C3)c2cc1C.[C-]#[N+]c1cc2c(-c3cccc(N)c3C)cn(C3CCC(NC)CC3)c2cc1C.[C-]#[N+]c1cc2c(-c3cncc(C)c3C)cn(C3CC(O)C3)c2cc1C. The molecule has 3 aliphatic carbocycles. The summed E-state index contributed by atoms with van der Waals surface area (Å²) in [4.78, 5) is 15.5. The van der Waals surface area contributed by atoms with Crippen LogP contribution in [-0.4, -0.2) is 54.2 Å². The molecule has 0 spiro atoms. The fourth-order valence-electron chi connectivity index (χ4n) is 12.2. The Morgan fingerprint density at radius 3 is 1.33 bits per heavy atom. The monoisotopic (exact) mass is 1030 g/mol. The lowest BCUT2D eigenvalue weighted by Gasteiger charge is -2.33. The molecular formula is C67H71N9O2.